The van der Waals surface area contributed by atoms with E-state index in [9.17, 15) is 4.79 Å². The van der Waals surface area contributed by atoms with Gasteiger partial charge in [0.1, 0.15) is 11.3 Å². The maximum Gasteiger partial charge on any atom is 0.213 e. The molecule has 0 saturated carbocycles. The number of carbonyl (C=O) groups excluding carboxylic acids is 1. The Bertz CT molecular complexity index is 832. The van der Waals surface area contributed by atoms with Gasteiger partial charge in [-0.05, 0) is 50.2 Å². The largest absolute Gasteiger partial charge is 0.466 e. The van der Waals surface area contributed by atoms with E-state index in [1.165, 1.54) is 0 Å². The Morgan fingerprint density at radius 1 is 1.25 bits per heavy atom. The smallest absolute Gasteiger partial charge is 0.213 e. The molecule has 1 saturated heterocycles. The van der Waals surface area contributed by atoms with Crippen molar-refractivity contribution in [3.63, 3.8) is 0 Å². The summed E-state index contributed by atoms with van der Waals surface area (Å²) in [5.74, 6) is 1.11. The lowest BCUT2D eigenvalue weighted by molar-refractivity contribution is 0.0701. The van der Waals surface area contributed by atoms with Gasteiger partial charge in [0.25, 0.3) is 0 Å². The van der Waals surface area contributed by atoms with Crippen LogP contribution in [-0.4, -0.2) is 28.6 Å². The average molecular weight is 325 g/mol. The van der Waals surface area contributed by atoms with Crippen molar-refractivity contribution in [1.82, 2.24) is 15.0 Å². The summed E-state index contributed by atoms with van der Waals surface area (Å²) in [6, 6.07) is 11.3. The minimum atomic E-state index is -0.00553. The zero-order valence-electron chi connectivity index (χ0n) is 13.3. The molecule has 0 bridgehead atoms. The molecule has 1 aliphatic rings. The number of ketones is 1. The lowest BCUT2D eigenvalue weighted by atomic mass is 9.93. The number of carbonyl (C=O) groups is 1. The highest BCUT2D eigenvalue weighted by Gasteiger charge is 2.28. The molecule has 3 heterocycles. The molecular weight excluding hydrogens is 306 g/mol. The quantitative estimate of drug-likeness (QED) is 0.730. The van der Waals surface area contributed by atoms with Crippen LogP contribution in [0.2, 0.25) is 0 Å². The summed E-state index contributed by atoms with van der Waals surface area (Å²) in [5.41, 5.74) is 1.55. The van der Waals surface area contributed by atoms with Crippen LogP contribution in [0.1, 0.15) is 29.2 Å². The summed E-state index contributed by atoms with van der Waals surface area (Å²) in [6.07, 6.45) is 3.27. The lowest BCUT2D eigenvalue weighted by Gasteiger charge is -2.21. The molecule has 1 N–H and O–H groups in total. The normalized spacial score (nSPS) is 15.7. The third-order valence-corrected chi connectivity index (χ3v) is 4.37. The summed E-state index contributed by atoms with van der Waals surface area (Å²) in [7, 11) is 0. The Kier molecular flexibility index (Phi) is 4.04. The number of rotatable bonds is 5. The molecule has 0 radical (unpaired) electrons. The van der Waals surface area contributed by atoms with Crippen LogP contribution in [0.4, 0.5) is 0 Å². The van der Waals surface area contributed by atoms with E-state index in [1.807, 2.05) is 36.4 Å². The number of aromatic nitrogens is 2. The van der Waals surface area contributed by atoms with Crippen molar-refractivity contribution >= 4 is 16.8 Å². The van der Waals surface area contributed by atoms with Crippen molar-refractivity contribution in [2.24, 2.45) is 5.92 Å². The highest BCUT2D eigenvalue weighted by atomic mass is 16.7. The maximum absolute atomic E-state index is 12.9. The van der Waals surface area contributed by atoms with E-state index >= 15 is 0 Å². The summed E-state index contributed by atoms with van der Waals surface area (Å²) in [6.45, 7) is 1.98. The Hall–Kier alpha value is -2.60. The van der Waals surface area contributed by atoms with Crippen LogP contribution in [-0.2, 0) is 6.61 Å². The van der Waals surface area contributed by atoms with E-state index in [1.54, 1.807) is 11.0 Å². The molecule has 6 nitrogen and oxygen atoms in total. The van der Waals surface area contributed by atoms with Gasteiger partial charge >= 0.3 is 0 Å². The summed E-state index contributed by atoms with van der Waals surface area (Å²) in [4.78, 5) is 23.3. The number of benzene rings is 1. The number of imidazole rings is 1. The predicted molar refractivity (Wildman–Crippen MR) is 88.6 cm³/mol. The van der Waals surface area contributed by atoms with Gasteiger partial charge in [0.2, 0.25) is 11.6 Å². The van der Waals surface area contributed by atoms with Crippen LogP contribution < -0.4 is 10.2 Å². The lowest BCUT2D eigenvalue weighted by Crippen LogP contribution is -2.33. The fourth-order valence-corrected chi connectivity index (χ4v) is 3.08. The third kappa shape index (κ3) is 2.80. The van der Waals surface area contributed by atoms with Crippen LogP contribution in [0, 0.1) is 5.92 Å². The Labute approximate surface area is 139 Å². The van der Waals surface area contributed by atoms with E-state index < -0.39 is 0 Å². The van der Waals surface area contributed by atoms with E-state index in [-0.39, 0.29) is 18.3 Å². The van der Waals surface area contributed by atoms with E-state index in [4.69, 9.17) is 9.25 Å². The number of piperidine rings is 1. The van der Waals surface area contributed by atoms with Crippen LogP contribution in [0.15, 0.2) is 47.1 Å². The number of nitrogens with zero attached hydrogens (tertiary/aromatic N) is 2. The number of furan rings is 1. The summed E-state index contributed by atoms with van der Waals surface area (Å²) < 4.78 is 6.87. The topological polar surface area (TPSA) is 69.3 Å². The molecule has 1 aromatic carbocycles. The van der Waals surface area contributed by atoms with Crippen molar-refractivity contribution in [2.75, 3.05) is 13.1 Å². The Balaban J connectivity index is 1.67. The van der Waals surface area contributed by atoms with Crippen molar-refractivity contribution in [3.8, 4) is 0 Å². The van der Waals surface area contributed by atoms with Gasteiger partial charge < -0.3 is 14.6 Å². The number of Topliss-reactive ketones (excluding diaryl/α,β-unsaturated/α-hetero) is 1. The second kappa shape index (κ2) is 6.49. The first kappa shape index (κ1) is 15.0. The first-order valence-electron chi connectivity index (χ1n) is 8.21. The minimum absolute atomic E-state index is 0.00553. The zero-order valence-corrected chi connectivity index (χ0v) is 13.3. The van der Waals surface area contributed by atoms with Gasteiger partial charge in [-0.15, -0.1) is 0 Å². The van der Waals surface area contributed by atoms with Gasteiger partial charge in [-0.2, -0.15) is 4.73 Å². The van der Waals surface area contributed by atoms with Crippen molar-refractivity contribution in [1.29, 1.82) is 0 Å². The first-order chi connectivity index (χ1) is 11.8. The standard InChI is InChI=1S/C18H19N3O3/c22-17(13-7-9-19-10-8-13)18-20-15-5-1-2-6-16(15)21(18)24-12-14-4-3-11-23-14/h1-6,11,13,19H,7-10,12H2. The number of hydrogen-bond acceptors (Lipinski definition) is 5. The first-order valence-corrected chi connectivity index (χ1v) is 8.21. The summed E-state index contributed by atoms with van der Waals surface area (Å²) in [5, 5.41) is 3.28. The van der Waals surface area contributed by atoms with Crippen LogP contribution in [0.3, 0.4) is 0 Å². The molecule has 6 heteroatoms. The number of hydrogen-bond donors (Lipinski definition) is 1. The Morgan fingerprint density at radius 3 is 2.88 bits per heavy atom. The van der Waals surface area contributed by atoms with Crippen molar-refractivity contribution in [2.45, 2.75) is 19.4 Å². The van der Waals surface area contributed by atoms with Crippen LogP contribution in [0.5, 0.6) is 0 Å². The molecule has 1 fully saturated rings. The SMILES string of the molecule is O=C(c1nc2ccccc2n1OCc1ccco1)C1CCNCC1. The molecular formula is C18H19N3O3. The van der Waals surface area contributed by atoms with Crippen LogP contribution in [0.25, 0.3) is 11.0 Å². The molecule has 0 unspecified atom stereocenters. The molecule has 124 valence electrons. The van der Waals surface area contributed by atoms with Crippen LogP contribution >= 0.6 is 0 Å². The number of para-hydroxylation sites is 2. The maximum atomic E-state index is 12.9. The zero-order chi connectivity index (χ0) is 16.4. The fourth-order valence-electron chi connectivity index (χ4n) is 3.08. The van der Waals surface area contributed by atoms with E-state index in [2.05, 4.69) is 10.3 Å². The summed E-state index contributed by atoms with van der Waals surface area (Å²) >= 11 is 0. The fraction of sp³-hybridized carbons (Fsp3) is 0.333. The number of nitrogens with one attached hydrogen (secondary N) is 1. The van der Waals surface area contributed by atoms with Gasteiger partial charge in [0.15, 0.2) is 6.61 Å². The molecule has 0 spiro atoms. The van der Waals surface area contributed by atoms with E-state index in [0.29, 0.717) is 11.6 Å². The second-order valence-electron chi connectivity index (χ2n) is 5.96. The predicted octanol–water partition coefficient (Wildman–Crippen LogP) is 2.44. The molecule has 24 heavy (non-hydrogen) atoms. The molecule has 2 aromatic heterocycles. The van der Waals surface area contributed by atoms with Crippen molar-refractivity contribution < 1.29 is 14.0 Å². The van der Waals surface area contributed by atoms with Gasteiger partial charge in [0, 0.05) is 5.92 Å². The van der Waals surface area contributed by atoms with Crippen molar-refractivity contribution in [3.05, 3.63) is 54.2 Å². The second-order valence-corrected chi connectivity index (χ2v) is 5.96. The Morgan fingerprint density at radius 2 is 2.08 bits per heavy atom. The molecule has 3 aromatic rings. The minimum Gasteiger partial charge on any atom is -0.466 e. The highest BCUT2D eigenvalue weighted by molar-refractivity contribution is 5.97. The highest BCUT2D eigenvalue weighted by Crippen LogP contribution is 2.22. The molecule has 0 amide bonds. The molecule has 4 rings (SSSR count). The third-order valence-electron chi connectivity index (χ3n) is 4.37. The van der Waals surface area contributed by atoms with E-state index in [0.717, 1.165) is 37.0 Å². The molecule has 1 aliphatic heterocycles. The monoisotopic (exact) mass is 325 g/mol. The van der Waals surface area contributed by atoms with Gasteiger partial charge in [-0.25, -0.2) is 4.98 Å². The van der Waals surface area contributed by atoms with Gasteiger partial charge in [0.05, 0.1) is 11.8 Å². The molecule has 0 aliphatic carbocycles. The number of fused-ring (bicyclic) bond motifs is 1. The van der Waals surface area contributed by atoms with Gasteiger partial charge in [-0.3, -0.25) is 4.79 Å². The molecule has 0 atom stereocenters. The average Bonchev–Trinajstić information content (AvgIpc) is 3.27. The van der Waals surface area contributed by atoms with Gasteiger partial charge in [-0.1, -0.05) is 12.1 Å².